The van der Waals surface area contributed by atoms with Crippen LogP contribution in [0.3, 0.4) is 0 Å². The van der Waals surface area contributed by atoms with Crippen LogP contribution < -0.4 is 20.7 Å². The van der Waals surface area contributed by atoms with E-state index in [0.717, 1.165) is 11.1 Å². The van der Waals surface area contributed by atoms with Gasteiger partial charge in [-0.05, 0) is 49.3 Å². The zero-order valence-corrected chi connectivity index (χ0v) is 19.2. The Morgan fingerprint density at radius 1 is 1.00 bits per heavy atom. The number of nitro groups is 1. The summed E-state index contributed by atoms with van der Waals surface area (Å²) < 4.78 is 5.27. The normalized spacial score (nSPS) is 11.2. The molecular weight excluding hydrogens is 440 g/mol. The van der Waals surface area contributed by atoms with E-state index >= 15 is 0 Å². The fourth-order valence-corrected chi connectivity index (χ4v) is 3.53. The maximum Gasteiger partial charge on any atom is 0.271 e. The van der Waals surface area contributed by atoms with Crippen molar-refractivity contribution in [1.82, 2.24) is 5.32 Å². The topological polar surface area (TPSA) is 106 Å². The van der Waals surface area contributed by atoms with E-state index < -0.39 is 11.0 Å². The summed E-state index contributed by atoms with van der Waals surface area (Å²) in [6, 6.07) is 18.2. The molecule has 0 aliphatic heterocycles. The smallest absolute Gasteiger partial charge is 0.271 e. The van der Waals surface area contributed by atoms with Gasteiger partial charge in [0.05, 0.1) is 17.7 Å². The third-order valence-electron chi connectivity index (χ3n) is 4.95. The summed E-state index contributed by atoms with van der Waals surface area (Å²) in [5, 5.41) is 20.1. The monoisotopic (exact) mass is 464 g/mol. The van der Waals surface area contributed by atoms with E-state index in [4.69, 9.17) is 17.0 Å². The summed E-state index contributed by atoms with van der Waals surface area (Å²) in [6.45, 7) is 3.91. The number of nitro benzene ring substituents is 1. The lowest BCUT2D eigenvalue weighted by atomic mass is 10.1. The van der Waals surface area contributed by atoms with Gasteiger partial charge in [-0.2, -0.15) is 0 Å². The lowest BCUT2D eigenvalue weighted by Crippen LogP contribution is -2.39. The van der Waals surface area contributed by atoms with Crippen molar-refractivity contribution in [3.05, 3.63) is 93.5 Å². The molecule has 0 spiro atoms. The highest BCUT2D eigenvalue weighted by molar-refractivity contribution is 7.80. The van der Waals surface area contributed by atoms with E-state index in [-0.39, 0.29) is 16.7 Å². The molecule has 0 saturated heterocycles. The van der Waals surface area contributed by atoms with Crippen LogP contribution in [0.1, 0.15) is 22.7 Å². The molecular formula is C24H24N4O4S. The van der Waals surface area contributed by atoms with Crippen LogP contribution in [0.2, 0.25) is 0 Å². The Bertz CT molecular complexity index is 1180. The van der Waals surface area contributed by atoms with Crippen LogP contribution in [-0.2, 0) is 4.79 Å². The fraction of sp³-hybridized carbons (Fsp3) is 0.167. The zero-order chi connectivity index (χ0) is 24.0. The van der Waals surface area contributed by atoms with Gasteiger partial charge in [0.2, 0.25) is 0 Å². The van der Waals surface area contributed by atoms with Gasteiger partial charge < -0.3 is 20.7 Å². The number of amides is 1. The summed E-state index contributed by atoms with van der Waals surface area (Å²) in [4.78, 5) is 23.9. The lowest BCUT2D eigenvalue weighted by Gasteiger charge is -2.22. The number of nitrogens with zero attached hydrogens (tertiary/aromatic N) is 1. The van der Waals surface area contributed by atoms with E-state index in [1.54, 1.807) is 0 Å². The molecule has 33 heavy (non-hydrogen) atoms. The number of nitrogens with one attached hydrogen (secondary N) is 3. The van der Waals surface area contributed by atoms with Crippen molar-refractivity contribution in [1.29, 1.82) is 0 Å². The van der Waals surface area contributed by atoms with E-state index in [9.17, 15) is 14.9 Å². The first kappa shape index (κ1) is 23.7. The van der Waals surface area contributed by atoms with Crippen LogP contribution in [-0.4, -0.2) is 23.1 Å². The second-order valence-corrected chi connectivity index (χ2v) is 7.80. The number of anilines is 2. The predicted molar refractivity (Wildman–Crippen MR) is 133 cm³/mol. The van der Waals surface area contributed by atoms with E-state index in [0.29, 0.717) is 22.7 Å². The number of ether oxygens (including phenoxy) is 1. The lowest BCUT2D eigenvalue weighted by molar-refractivity contribution is -0.384. The van der Waals surface area contributed by atoms with Crippen LogP contribution in [0.4, 0.5) is 17.1 Å². The number of aryl methyl sites for hydroxylation is 2. The van der Waals surface area contributed by atoms with Crippen LogP contribution in [0, 0.1) is 24.0 Å². The van der Waals surface area contributed by atoms with Gasteiger partial charge in [0, 0.05) is 17.8 Å². The second kappa shape index (κ2) is 10.6. The number of hydrogen-bond donors (Lipinski definition) is 3. The molecule has 3 rings (SSSR count). The number of non-ortho nitro benzene ring substituents is 1. The Morgan fingerprint density at radius 2 is 1.73 bits per heavy atom. The molecule has 0 heterocycles. The Hall–Kier alpha value is -3.98. The Labute approximate surface area is 197 Å². The molecule has 0 aliphatic carbocycles. The van der Waals surface area contributed by atoms with Gasteiger partial charge in [0.15, 0.2) is 5.11 Å². The van der Waals surface area contributed by atoms with Crippen LogP contribution in [0.25, 0.3) is 0 Å². The molecule has 1 atom stereocenters. The van der Waals surface area contributed by atoms with E-state index in [2.05, 4.69) is 16.0 Å². The molecule has 9 heteroatoms. The minimum atomic E-state index is -0.809. The second-order valence-electron chi connectivity index (χ2n) is 7.39. The molecule has 8 nitrogen and oxygen atoms in total. The molecule has 3 aromatic carbocycles. The molecule has 1 amide bonds. The van der Waals surface area contributed by atoms with Crippen molar-refractivity contribution in [3.8, 4) is 5.75 Å². The summed E-state index contributed by atoms with van der Waals surface area (Å²) in [5.74, 6) is 0.0732. The number of carbonyl (C=O) groups is 1. The number of rotatable bonds is 7. The SMILES string of the molecule is COc1ccc([N+](=O)[O-])cc1NC(=S)NC(C(=O)Nc1ccc(C)cc1C)c1ccccc1. The van der Waals surface area contributed by atoms with Gasteiger partial charge in [-0.15, -0.1) is 0 Å². The summed E-state index contributed by atoms with van der Waals surface area (Å²) in [5.41, 5.74) is 3.64. The first-order chi connectivity index (χ1) is 15.8. The average Bonchev–Trinajstić information content (AvgIpc) is 2.79. The Balaban J connectivity index is 1.84. The number of hydrogen-bond acceptors (Lipinski definition) is 5. The highest BCUT2D eigenvalue weighted by Gasteiger charge is 2.23. The summed E-state index contributed by atoms with van der Waals surface area (Å²) in [7, 11) is 1.45. The van der Waals surface area contributed by atoms with Gasteiger partial charge in [0.25, 0.3) is 11.6 Å². The van der Waals surface area contributed by atoms with E-state index in [1.807, 2.05) is 62.4 Å². The first-order valence-electron chi connectivity index (χ1n) is 10.1. The standard InChI is InChI=1S/C24H24N4O4S/c1-15-9-11-19(16(2)13-15)25-23(29)22(17-7-5-4-6-8-17)27-24(33)26-20-14-18(28(30)31)10-12-21(20)32-3/h4-14,22H,1-3H3,(H,25,29)(H2,26,27,33). The van der Waals surface area contributed by atoms with Crippen molar-refractivity contribution in [2.45, 2.75) is 19.9 Å². The molecule has 0 bridgehead atoms. The van der Waals surface area contributed by atoms with Crippen molar-refractivity contribution in [2.75, 3.05) is 17.7 Å². The van der Waals surface area contributed by atoms with Crippen molar-refractivity contribution in [2.24, 2.45) is 0 Å². The highest BCUT2D eigenvalue weighted by Crippen LogP contribution is 2.29. The number of benzene rings is 3. The van der Waals surface area contributed by atoms with E-state index in [1.165, 1.54) is 25.3 Å². The minimum absolute atomic E-state index is 0.110. The van der Waals surface area contributed by atoms with Crippen LogP contribution in [0.5, 0.6) is 5.75 Å². The molecule has 0 fully saturated rings. The zero-order valence-electron chi connectivity index (χ0n) is 18.4. The first-order valence-corrected chi connectivity index (χ1v) is 10.5. The molecule has 0 saturated carbocycles. The largest absolute Gasteiger partial charge is 0.495 e. The van der Waals surface area contributed by atoms with Crippen molar-refractivity contribution in [3.63, 3.8) is 0 Å². The molecule has 3 aromatic rings. The summed E-state index contributed by atoms with van der Waals surface area (Å²) in [6.07, 6.45) is 0. The molecule has 1 unspecified atom stereocenters. The van der Waals surface area contributed by atoms with Gasteiger partial charge >= 0.3 is 0 Å². The van der Waals surface area contributed by atoms with Crippen LogP contribution >= 0.6 is 12.2 Å². The van der Waals surface area contributed by atoms with Gasteiger partial charge in [-0.25, -0.2) is 0 Å². The van der Waals surface area contributed by atoms with Gasteiger partial charge in [-0.3, -0.25) is 14.9 Å². The van der Waals surface area contributed by atoms with Gasteiger partial charge in [-0.1, -0.05) is 48.0 Å². The third-order valence-corrected chi connectivity index (χ3v) is 5.17. The van der Waals surface area contributed by atoms with Gasteiger partial charge in [0.1, 0.15) is 11.8 Å². The maximum absolute atomic E-state index is 13.2. The molecule has 0 radical (unpaired) electrons. The molecule has 3 N–H and O–H groups in total. The number of methoxy groups -OCH3 is 1. The highest BCUT2D eigenvalue weighted by atomic mass is 32.1. The number of carbonyl (C=O) groups excluding carboxylic acids is 1. The predicted octanol–water partition coefficient (Wildman–Crippen LogP) is 4.89. The van der Waals surface area contributed by atoms with Crippen molar-refractivity contribution < 1.29 is 14.5 Å². The Morgan fingerprint density at radius 3 is 2.36 bits per heavy atom. The Kier molecular flexibility index (Phi) is 7.57. The van der Waals surface area contributed by atoms with Crippen LogP contribution in [0.15, 0.2) is 66.7 Å². The molecule has 0 aromatic heterocycles. The number of thiocarbonyl (C=S) groups is 1. The molecule has 0 aliphatic rings. The summed E-state index contributed by atoms with van der Waals surface area (Å²) >= 11 is 5.43. The average molecular weight is 465 g/mol. The minimum Gasteiger partial charge on any atom is -0.495 e. The molecule has 170 valence electrons. The maximum atomic E-state index is 13.2. The fourth-order valence-electron chi connectivity index (χ4n) is 3.30. The quantitative estimate of drug-likeness (QED) is 0.260. The third kappa shape index (κ3) is 6.05. The van der Waals surface area contributed by atoms with Crippen molar-refractivity contribution >= 4 is 40.3 Å².